The SMILES string of the molecule is CSC1(CN2C3CCC2CC(=O)C3)CCC1. The zero-order valence-electron chi connectivity index (χ0n) is 10.1. The molecule has 3 fully saturated rings. The lowest BCUT2D eigenvalue weighted by molar-refractivity contribution is -0.123. The molecule has 2 bridgehead atoms. The second-order valence-corrected chi connectivity index (χ2v) is 7.02. The predicted molar refractivity (Wildman–Crippen MR) is 67.9 cm³/mol. The van der Waals surface area contributed by atoms with Crippen LogP contribution in [0.15, 0.2) is 0 Å². The van der Waals surface area contributed by atoms with Crippen LogP contribution in [0.4, 0.5) is 0 Å². The van der Waals surface area contributed by atoms with E-state index >= 15 is 0 Å². The first-order chi connectivity index (χ1) is 7.72. The number of carbonyl (C=O) groups is 1. The number of hydrogen-bond acceptors (Lipinski definition) is 3. The maximum absolute atomic E-state index is 11.6. The minimum atomic E-state index is 0.510. The lowest BCUT2D eigenvalue weighted by atomic mass is 9.82. The van der Waals surface area contributed by atoms with Gasteiger partial charge in [-0.25, -0.2) is 0 Å². The molecule has 2 saturated heterocycles. The third kappa shape index (κ3) is 1.72. The van der Waals surface area contributed by atoms with Crippen LogP contribution in [0.25, 0.3) is 0 Å². The van der Waals surface area contributed by atoms with Gasteiger partial charge in [0, 0.05) is 36.2 Å². The van der Waals surface area contributed by atoms with E-state index in [1.807, 2.05) is 0 Å². The van der Waals surface area contributed by atoms with E-state index < -0.39 is 0 Å². The highest BCUT2D eigenvalue weighted by Crippen LogP contribution is 2.46. The standard InChI is InChI=1S/C13H21NOS/c1-16-13(5-2-6-13)9-14-10-3-4-11(14)8-12(15)7-10/h10-11H,2-9H2,1H3. The van der Waals surface area contributed by atoms with Crippen LogP contribution >= 0.6 is 11.8 Å². The number of rotatable bonds is 3. The lowest BCUT2D eigenvalue weighted by Crippen LogP contribution is -2.52. The van der Waals surface area contributed by atoms with Gasteiger partial charge < -0.3 is 0 Å². The average Bonchev–Trinajstić information content (AvgIpc) is 2.45. The van der Waals surface area contributed by atoms with Crippen molar-refractivity contribution in [3.05, 3.63) is 0 Å². The van der Waals surface area contributed by atoms with E-state index in [1.165, 1.54) is 38.6 Å². The molecule has 3 heteroatoms. The summed E-state index contributed by atoms with van der Waals surface area (Å²) in [5.74, 6) is 0.510. The highest BCUT2D eigenvalue weighted by Gasteiger charge is 2.45. The van der Waals surface area contributed by atoms with Gasteiger partial charge in [0.15, 0.2) is 0 Å². The van der Waals surface area contributed by atoms with E-state index in [1.54, 1.807) is 0 Å². The number of nitrogens with zero attached hydrogens (tertiary/aromatic N) is 1. The first-order valence-corrected chi connectivity index (χ1v) is 7.77. The van der Waals surface area contributed by atoms with Gasteiger partial charge in [0.25, 0.3) is 0 Å². The van der Waals surface area contributed by atoms with Crippen molar-refractivity contribution in [3.63, 3.8) is 0 Å². The monoisotopic (exact) mass is 239 g/mol. The molecule has 16 heavy (non-hydrogen) atoms. The molecule has 2 nitrogen and oxygen atoms in total. The third-order valence-electron chi connectivity index (χ3n) is 4.87. The molecule has 2 atom stereocenters. The van der Waals surface area contributed by atoms with E-state index in [9.17, 15) is 4.79 Å². The Labute approximate surface area is 102 Å². The van der Waals surface area contributed by atoms with Gasteiger partial charge >= 0.3 is 0 Å². The van der Waals surface area contributed by atoms with Crippen molar-refractivity contribution in [2.45, 2.75) is 61.8 Å². The first-order valence-electron chi connectivity index (χ1n) is 6.55. The number of Topliss-reactive ketones (excluding diaryl/α,β-unsaturated/α-hetero) is 1. The Kier molecular flexibility index (Phi) is 2.79. The summed E-state index contributed by atoms with van der Waals surface area (Å²) in [5, 5.41) is 0. The Hall–Kier alpha value is -0.0200. The predicted octanol–water partition coefficient (Wildman–Crippen LogP) is 2.47. The van der Waals surface area contributed by atoms with Crippen LogP contribution in [0.2, 0.25) is 0 Å². The second kappa shape index (κ2) is 4.02. The highest BCUT2D eigenvalue weighted by molar-refractivity contribution is 8.00. The molecular weight excluding hydrogens is 218 g/mol. The van der Waals surface area contributed by atoms with E-state index in [4.69, 9.17) is 0 Å². The summed E-state index contributed by atoms with van der Waals surface area (Å²) < 4.78 is 0.543. The van der Waals surface area contributed by atoms with Crippen molar-refractivity contribution in [1.82, 2.24) is 4.90 Å². The molecule has 2 heterocycles. The first kappa shape index (κ1) is 11.1. The summed E-state index contributed by atoms with van der Waals surface area (Å²) in [6.45, 7) is 1.25. The van der Waals surface area contributed by atoms with Crippen LogP contribution in [0.5, 0.6) is 0 Å². The number of fused-ring (bicyclic) bond motifs is 2. The van der Waals surface area contributed by atoms with Gasteiger partial charge in [-0.05, 0) is 31.9 Å². The fraction of sp³-hybridized carbons (Fsp3) is 0.923. The van der Waals surface area contributed by atoms with Crippen LogP contribution < -0.4 is 0 Å². The molecule has 2 unspecified atom stereocenters. The molecule has 0 amide bonds. The van der Waals surface area contributed by atoms with Crippen molar-refractivity contribution in [2.24, 2.45) is 0 Å². The van der Waals surface area contributed by atoms with Crippen LogP contribution in [0.3, 0.4) is 0 Å². The maximum atomic E-state index is 11.6. The third-order valence-corrected chi connectivity index (χ3v) is 6.27. The van der Waals surface area contributed by atoms with Gasteiger partial charge in [-0.15, -0.1) is 0 Å². The molecular formula is C13H21NOS. The fourth-order valence-corrected chi connectivity index (χ4v) is 4.63. The van der Waals surface area contributed by atoms with Crippen molar-refractivity contribution in [2.75, 3.05) is 12.8 Å². The average molecular weight is 239 g/mol. The normalized spacial score (nSPS) is 37.4. The van der Waals surface area contributed by atoms with Crippen molar-refractivity contribution < 1.29 is 4.79 Å². The van der Waals surface area contributed by atoms with Crippen molar-refractivity contribution in [3.8, 4) is 0 Å². The number of carbonyl (C=O) groups excluding carboxylic acids is 1. The molecule has 0 aromatic carbocycles. The number of piperidine rings is 1. The number of hydrogen-bond donors (Lipinski definition) is 0. The summed E-state index contributed by atoms with van der Waals surface area (Å²) in [6, 6.07) is 1.19. The lowest BCUT2D eigenvalue weighted by Gasteiger charge is -2.47. The Morgan fingerprint density at radius 2 is 1.94 bits per heavy atom. The second-order valence-electron chi connectivity index (χ2n) is 5.74. The van der Waals surface area contributed by atoms with Crippen LogP contribution in [-0.2, 0) is 4.79 Å². The van der Waals surface area contributed by atoms with Gasteiger partial charge in [0.2, 0.25) is 0 Å². The molecule has 1 saturated carbocycles. The molecule has 0 N–H and O–H groups in total. The molecule has 1 aliphatic carbocycles. The fourth-order valence-electron chi connectivity index (χ4n) is 3.65. The smallest absolute Gasteiger partial charge is 0.136 e. The summed E-state index contributed by atoms with van der Waals surface area (Å²) in [5.41, 5.74) is 0. The van der Waals surface area contributed by atoms with E-state index in [0.717, 1.165) is 12.8 Å². The van der Waals surface area contributed by atoms with Crippen LogP contribution in [0, 0.1) is 0 Å². The number of ketones is 1. The minimum Gasteiger partial charge on any atom is -0.300 e. The summed E-state index contributed by atoms with van der Waals surface area (Å²) in [6.07, 6.45) is 10.6. The molecule has 3 rings (SSSR count). The zero-order chi connectivity index (χ0) is 11.2. The van der Waals surface area contributed by atoms with Gasteiger partial charge in [0.1, 0.15) is 5.78 Å². The Balaban J connectivity index is 1.69. The Morgan fingerprint density at radius 3 is 2.38 bits per heavy atom. The molecule has 3 aliphatic rings. The molecule has 0 aromatic heterocycles. The van der Waals surface area contributed by atoms with Crippen LogP contribution in [-0.4, -0.2) is 40.3 Å². The quantitative estimate of drug-likeness (QED) is 0.754. The Bertz CT molecular complexity index is 279. The molecule has 0 spiro atoms. The number of thioether (sulfide) groups is 1. The summed E-state index contributed by atoms with van der Waals surface area (Å²) >= 11 is 2.06. The van der Waals surface area contributed by atoms with Crippen molar-refractivity contribution >= 4 is 17.5 Å². The van der Waals surface area contributed by atoms with Crippen molar-refractivity contribution in [1.29, 1.82) is 0 Å². The van der Waals surface area contributed by atoms with Gasteiger partial charge in [-0.2, -0.15) is 11.8 Å². The topological polar surface area (TPSA) is 20.3 Å². The van der Waals surface area contributed by atoms with E-state index in [2.05, 4.69) is 22.9 Å². The minimum absolute atomic E-state index is 0.510. The molecule has 2 aliphatic heterocycles. The molecule has 0 radical (unpaired) electrons. The zero-order valence-corrected chi connectivity index (χ0v) is 10.9. The van der Waals surface area contributed by atoms with Gasteiger partial charge in [0.05, 0.1) is 0 Å². The largest absolute Gasteiger partial charge is 0.300 e. The summed E-state index contributed by atoms with van der Waals surface area (Å²) in [7, 11) is 0. The van der Waals surface area contributed by atoms with E-state index in [0.29, 0.717) is 22.6 Å². The maximum Gasteiger partial charge on any atom is 0.136 e. The van der Waals surface area contributed by atoms with E-state index in [-0.39, 0.29) is 0 Å². The van der Waals surface area contributed by atoms with Crippen LogP contribution in [0.1, 0.15) is 44.9 Å². The highest BCUT2D eigenvalue weighted by atomic mass is 32.2. The van der Waals surface area contributed by atoms with Gasteiger partial charge in [-0.3, -0.25) is 9.69 Å². The summed E-state index contributed by atoms with van der Waals surface area (Å²) in [4.78, 5) is 14.2. The molecule has 0 aromatic rings. The molecule has 90 valence electrons. The van der Waals surface area contributed by atoms with Gasteiger partial charge in [-0.1, -0.05) is 6.42 Å². The Morgan fingerprint density at radius 1 is 1.31 bits per heavy atom.